The Morgan fingerprint density at radius 3 is 2.35 bits per heavy atom. The molecule has 0 unspecified atom stereocenters. The summed E-state index contributed by atoms with van der Waals surface area (Å²) in [6, 6.07) is 1.65. The lowest BCUT2D eigenvalue weighted by atomic mass is 10.2. The number of nitrogens with zero attached hydrogens (tertiary/aromatic N) is 2. The fraction of sp³-hybridized carbons (Fsp3) is 0.364. The Balaban J connectivity index is 2.85. The highest BCUT2D eigenvalue weighted by Gasteiger charge is 2.11. The van der Waals surface area contributed by atoms with Crippen molar-refractivity contribution < 1.29 is 0 Å². The maximum atomic E-state index is 6.04. The highest BCUT2D eigenvalue weighted by atomic mass is 35.5. The molecule has 94 valence electrons. The van der Waals surface area contributed by atoms with E-state index >= 15 is 0 Å². The first-order chi connectivity index (χ1) is 7.93. The minimum Gasteiger partial charge on any atom is -0.308 e. The first-order valence-electron chi connectivity index (χ1n) is 4.91. The monoisotopic (exact) mass is 312 g/mol. The van der Waals surface area contributed by atoms with Gasteiger partial charge in [0.05, 0.1) is 26.6 Å². The quantitative estimate of drug-likeness (QED) is 0.460. The van der Waals surface area contributed by atoms with Crippen LogP contribution in [0, 0.1) is 0 Å². The number of rotatable bonds is 4. The van der Waals surface area contributed by atoms with E-state index in [4.69, 9.17) is 46.4 Å². The summed E-state index contributed by atoms with van der Waals surface area (Å²) in [5, 5.41) is 1.27. The Morgan fingerprint density at radius 2 is 1.76 bits per heavy atom. The number of aliphatic imine (C=N–C) groups is 1. The first kappa shape index (κ1) is 15.1. The third-order valence-electron chi connectivity index (χ3n) is 2.04. The van der Waals surface area contributed by atoms with E-state index in [1.165, 1.54) is 0 Å². The van der Waals surface area contributed by atoms with Gasteiger partial charge in [-0.15, -0.1) is 0 Å². The van der Waals surface area contributed by atoms with Crippen LogP contribution in [0.2, 0.25) is 20.1 Å². The van der Waals surface area contributed by atoms with Gasteiger partial charge in [0.1, 0.15) is 0 Å². The van der Waals surface area contributed by atoms with E-state index in [2.05, 4.69) is 4.99 Å². The van der Waals surface area contributed by atoms with Crippen molar-refractivity contribution in [2.45, 2.75) is 0 Å². The maximum absolute atomic E-state index is 6.04. The maximum Gasteiger partial charge on any atom is 0.0800 e. The molecule has 0 aromatic heterocycles. The van der Waals surface area contributed by atoms with E-state index in [0.29, 0.717) is 22.2 Å². The second-order valence-corrected chi connectivity index (χ2v) is 5.27. The Bertz CT molecular complexity index is 430. The molecule has 0 fully saturated rings. The van der Waals surface area contributed by atoms with Crippen LogP contribution in [0.15, 0.2) is 11.1 Å². The molecule has 1 aromatic carbocycles. The molecule has 0 aliphatic rings. The van der Waals surface area contributed by atoms with Crippen LogP contribution in [0.25, 0.3) is 0 Å². The van der Waals surface area contributed by atoms with Crippen molar-refractivity contribution in [3.8, 4) is 0 Å². The van der Waals surface area contributed by atoms with Gasteiger partial charge in [0.2, 0.25) is 0 Å². The molecule has 0 aliphatic carbocycles. The van der Waals surface area contributed by atoms with Gasteiger partial charge < -0.3 is 4.90 Å². The van der Waals surface area contributed by atoms with Gasteiger partial charge in [0, 0.05) is 18.3 Å². The molecule has 1 aromatic rings. The second kappa shape index (κ2) is 6.81. The van der Waals surface area contributed by atoms with Crippen molar-refractivity contribution in [2.75, 3.05) is 27.2 Å². The summed E-state index contributed by atoms with van der Waals surface area (Å²) in [6.07, 6.45) is 1.65. The van der Waals surface area contributed by atoms with Gasteiger partial charge in [0.15, 0.2) is 0 Å². The lowest BCUT2D eigenvalue weighted by molar-refractivity contribution is 0.421. The molecule has 2 nitrogen and oxygen atoms in total. The average Bonchev–Trinajstić information content (AvgIpc) is 2.27. The average molecular weight is 314 g/mol. The van der Waals surface area contributed by atoms with E-state index in [1.54, 1.807) is 12.3 Å². The molecule has 0 amide bonds. The van der Waals surface area contributed by atoms with Crippen molar-refractivity contribution >= 4 is 52.6 Å². The van der Waals surface area contributed by atoms with Crippen LogP contribution in [0.4, 0.5) is 0 Å². The molecule has 0 N–H and O–H groups in total. The van der Waals surface area contributed by atoms with E-state index in [0.717, 1.165) is 6.54 Å². The highest BCUT2D eigenvalue weighted by Crippen LogP contribution is 2.37. The zero-order valence-corrected chi connectivity index (χ0v) is 12.5. The molecule has 0 spiro atoms. The molecule has 6 heteroatoms. The summed E-state index contributed by atoms with van der Waals surface area (Å²) >= 11 is 23.7. The number of hydrogen-bond donors (Lipinski definition) is 0. The smallest absolute Gasteiger partial charge is 0.0800 e. The first-order valence-corrected chi connectivity index (χ1v) is 6.42. The summed E-state index contributed by atoms with van der Waals surface area (Å²) < 4.78 is 0. The zero-order chi connectivity index (χ0) is 13.0. The predicted octanol–water partition coefficient (Wildman–Crippen LogP) is 4.28. The van der Waals surface area contributed by atoms with Crippen molar-refractivity contribution in [3.63, 3.8) is 0 Å². The van der Waals surface area contributed by atoms with Crippen LogP contribution in [0.1, 0.15) is 5.56 Å². The normalized spacial score (nSPS) is 11.7. The fourth-order valence-corrected chi connectivity index (χ4v) is 1.97. The van der Waals surface area contributed by atoms with Crippen LogP contribution in [0.5, 0.6) is 0 Å². The molecule has 0 saturated heterocycles. The molecular formula is C11H12Cl4N2. The number of likely N-dealkylation sites (N-methyl/N-ethyl adjacent to an activating group) is 1. The highest BCUT2D eigenvalue weighted by molar-refractivity contribution is 6.52. The molecule has 1 rings (SSSR count). The second-order valence-electron chi connectivity index (χ2n) is 3.73. The standard InChI is InChI=1S/C11H12Cl4N2/c1-17(2)4-3-16-6-7-5-8(12)10(14)11(15)9(7)13/h5-6H,3-4H2,1-2H3. The Labute approximate surface area is 121 Å². The Morgan fingerprint density at radius 1 is 1.12 bits per heavy atom. The summed E-state index contributed by atoms with van der Waals surface area (Å²) in [4.78, 5) is 6.29. The lowest BCUT2D eigenvalue weighted by Gasteiger charge is -2.07. The van der Waals surface area contributed by atoms with E-state index < -0.39 is 0 Å². The summed E-state index contributed by atoms with van der Waals surface area (Å²) in [5.74, 6) is 0. The molecular weight excluding hydrogens is 302 g/mol. The third kappa shape index (κ3) is 4.31. The molecule has 0 saturated carbocycles. The number of benzene rings is 1. The lowest BCUT2D eigenvalue weighted by Crippen LogP contribution is -2.15. The summed E-state index contributed by atoms with van der Waals surface area (Å²) in [5.41, 5.74) is 0.671. The minimum absolute atomic E-state index is 0.259. The number of hydrogen-bond acceptors (Lipinski definition) is 2. The van der Waals surface area contributed by atoms with Gasteiger partial charge in [-0.3, -0.25) is 4.99 Å². The van der Waals surface area contributed by atoms with Crippen molar-refractivity contribution in [3.05, 3.63) is 31.7 Å². The van der Waals surface area contributed by atoms with E-state index in [9.17, 15) is 0 Å². The Kier molecular flexibility index (Phi) is 6.04. The Hall–Kier alpha value is 0.01000. The van der Waals surface area contributed by atoms with E-state index in [-0.39, 0.29) is 10.0 Å². The fourth-order valence-electron chi connectivity index (χ4n) is 1.11. The van der Waals surface area contributed by atoms with E-state index in [1.807, 2.05) is 19.0 Å². The summed E-state index contributed by atoms with van der Waals surface area (Å²) in [6.45, 7) is 1.55. The largest absolute Gasteiger partial charge is 0.308 e. The third-order valence-corrected chi connectivity index (χ3v) is 3.80. The van der Waals surface area contributed by atoms with Crippen LogP contribution < -0.4 is 0 Å². The van der Waals surface area contributed by atoms with Crippen molar-refractivity contribution in [1.82, 2.24) is 4.90 Å². The van der Waals surface area contributed by atoms with Gasteiger partial charge >= 0.3 is 0 Å². The zero-order valence-electron chi connectivity index (χ0n) is 9.48. The van der Waals surface area contributed by atoms with Gasteiger partial charge in [-0.1, -0.05) is 46.4 Å². The molecule has 0 bridgehead atoms. The molecule has 0 aliphatic heterocycles. The van der Waals surface area contributed by atoms with Crippen LogP contribution in [-0.4, -0.2) is 38.3 Å². The minimum atomic E-state index is 0.259. The predicted molar refractivity (Wildman–Crippen MR) is 77.5 cm³/mol. The molecule has 17 heavy (non-hydrogen) atoms. The molecule has 0 atom stereocenters. The SMILES string of the molecule is CN(C)CCN=Cc1cc(Cl)c(Cl)c(Cl)c1Cl. The molecule has 0 radical (unpaired) electrons. The number of halogens is 4. The molecule has 0 heterocycles. The summed E-state index contributed by atoms with van der Waals surface area (Å²) in [7, 11) is 3.97. The van der Waals surface area contributed by atoms with Crippen molar-refractivity contribution in [1.29, 1.82) is 0 Å². The van der Waals surface area contributed by atoms with Crippen molar-refractivity contribution in [2.24, 2.45) is 4.99 Å². The topological polar surface area (TPSA) is 15.6 Å². The van der Waals surface area contributed by atoms with Gasteiger partial charge in [-0.2, -0.15) is 0 Å². The van der Waals surface area contributed by atoms with Crippen LogP contribution in [0.3, 0.4) is 0 Å². The van der Waals surface area contributed by atoms with Crippen LogP contribution >= 0.6 is 46.4 Å². The van der Waals surface area contributed by atoms with Gasteiger partial charge in [-0.25, -0.2) is 0 Å². The van der Waals surface area contributed by atoms with Gasteiger partial charge in [-0.05, 0) is 20.2 Å². The van der Waals surface area contributed by atoms with Gasteiger partial charge in [0.25, 0.3) is 0 Å². The van der Waals surface area contributed by atoms with Crippen LogP contribution in [-0.2, 0) is 0 Å².